The van der Waals surface area contributed by atoms with Crippen LogP contribution in [-0.2, 0) is 0 Å². The van der Waals surface area contributed by atoms with E-state index in [2.05, 4.69) is 0 Å². The summed E-state index contributed by atoms with van der Waals surface area (Å²) in [4.78, 5) is 0. The van der Waals surface area contributed by atoms with Gasteiger partial charge in [-0.15, -0.1) is 0 Å². The maximum absolute atomic E-state index is 5.43. The van der Waals surface area contributed by atoms with Gasteiger partial charge in [0.1, 0.15) is 0 Å². The first-order chi connectivity index (χ1) is 21.1. The molecule has 0 unspecified atom stereocenters. The highest BCUT2D eigenvalue weighted by Gasteiger charge is 1.92. The highest BCUT2D eigenvalue weighted by molar-refractivity contribution is 4.49. The Morgan fingerprint density at radius 1 is 0.116 bits per heavy atom. The molecule has 0 rings (SSSR count). The average Bonchev–Trinajstić information content (AvgIpc) is 3.03. The highest BCUT2D eigenvalue weighted by atomic mass is 14.6. The lowest BCUT2D eigenvalue weighted by atomic mass is 10.1. The number of rotatable bonds is 28. The molecule has 43 heavy (non-hydrogen) atoms. The minimum Gasteiger partial charge on any atom is -0.330 e. The second-order valence-electron chi connectivity index (χ2n) is 11.0. The maximum Gasteiger partial charge on any atom is -0.00653 e. The first kappa shape index (κ1) is 52.1. The zero-order valence-corrected chi connectivity index (χ0v) is 29.1. The zero-order chi connectivity index (χ0) is 33.3. The predicted octanol–water partition coefficient (Wildman–Crippen LogP) is 3.49. The number of nitrogens with two attached hydrogens (primary N) is 10. The molecule has 0 bridgehead atoms. The number of hydrogen-bond acceptors (Lipinski definition) is 10. The van der Waals surface area contributed by atoms with Crippen molar-refractivity contribution in [2.24, 2.45) is 57.3 Å². The van der Waals surface area contributed by atoms with Crippen LogP contribution in [0.3, 0.4) is 0 Å². The SMILES string of the molecule is NCCCCCCCCCCCCN.NCCCCCCCCN.NCCCCCCN.NCCCCN.NCCCN. The van der Waals surface area contributed by atoms with Gasteiger partial charge in [0.25, 0.3) is 0 Å². The molecule has 0 saturated carbocycles. The number of unbranched alkanes of at least 4 members (excludes halogenated alkanes) is 18. The minimum absolute atomic E-state index is 0.719. The van der Waals surface area contributed by atoms with Crippen LogP contribution in [0, 0.1) is 0 Å². The molecule has 10 heteroatoms. The van der Waals surface area contributed by atoms with Crippen molar-refractivity contribution in [2.45, 2.75) is 148 Å². The molecule has 0 aromatic heterocycles. The molecule has 0 spiro atoms. The lowest BCUT2D eigenvalue weighted by molar-refractivity contribution is 0.554. The summed E-state index contributed by atoms with van der Waals surface area (Å²) in [6, 6.07) is 0. The van der Waals surface area contributed by atoms with Crippen LogP contribution in [0.1, 0.15) is 148 Å². The van der Waals surface area contributed by atoms with Gasteiger partial charge in [-0.25, -0.2) is 0 Å². The maximum atomic E-state index is 5.43. The Bertz CT molecular complexity index is 335. The van der Waals surface area contributed by atoms with Gasteiger partial charge in [-0.1, -0.05) is 89.9 Å². The van der Waals surface area contributed by atoms with E-state index >= 15 is 0 Å². The van der Waals surface area contributed by atoms with E-state index < -0.39 is 0 Å². The smallest absolute Gasteiger partial charge is 0.00653 e. The van der Waals surface area contributed by atoms with Crippen molar-refractivity contribution in [1.29, 1.82) is 0 Å². The molecular weight excluding hydrogens is 536 g/mol. The Morgan fingerprint density at radius 3 is 0.302 bits per heavy atom. The van der Waals surface area contributed by atoms with Gasteiger partial charge in [-0.05, 0) is 123 Å². The quantitative estimate of drug-likeness (QED) is 0.0567. The van der Waals surface area contributed by atoms with Crippen LogP contribution in [0.5, 0.6) is 0 Å². The van der Waals surface area contributed by atoms with Crippen molar-refractivity contribution in [2.75, 3.05) is 65.4 Å². The Morgan fingerprint density at radius 2 is 0.209 bits per heavy atom. The van der Waals surface area contributed by atoms with Gasteiger partial charge in [0, 0.05) is 0 Å². The minimum atomic E-state index is 0.719. The Hall–Kier alpha value is -0.400. The summed E-state index contributed by atoms with van der Waals surface area (Å²) in [7, 11) is 0. The third-order valence-electron chi connectivity index (χ3n) is 6.54. The molecule has 0 fully saturated rings. The molecule has 0 radical (unpaired) electrons. The Balaban J connectivity index is -0.000000147. The molecule has 20 N–H and O–H groups in total. The topological polar surface area (TPSA) is 260 Å². The van der Waals surface area contributed by atoms with Gasteiger partial charge in [-0.2, -0.15) is 0 Å². The van der Waals surface area contributed by atoms with E-state index in [1.54, 1.807) is 0 Å². The molecule has 0 amide bonds. The Labute approximate surface area is 270 Å². The highest BCUT2D eigenvalue weighted by Crippen LogP contribution is 2.10. The fourth-order valence-electron chi connectivity index (χ4n) is 3.75. The van der Waals surface area contributed by atoms with E-state index in [1.165, 1.54) is 116 Å². The van der Waals surface area contributed by atoms with Crippen molar-refractivity contribution >= 4 is 0 Å². The van der Waals surface area contributed by atoms with Gasteiger partial charge in [0.05, 0.1) is 0 Å². The van der Waals surface area contributed by atoms with Gasteiger partial charge in [0.2, 0.25) is 0 Å². The molecule has 0 aromatic carbocycles. The molecule has 0 aliphatic carbocycles. The summed E-state index contributed by atoms with van der Waals surface area (Å²) < 4.78 is 0. The molecule has 268 valence electrons. The molecule has 0 atom stereocenters. The van der Waals surface area contributed by atoms with Gasteiger partial charge in [-0.3, -0.25) is 0 Å². The monoisotopic (exact) mass is 623 g/mol. The number of hydrogen-bond donors (Lipinski definition) is 10. The fourth-order valence-corrected chi connectivity index (χ4v) is 3.75. The molecule has 0 aliphatic rings. The van der Waals surface area contributed by atoms with Crippen molar-refractivity contribution in [1.82, 2.24) is 0 Å². The summed E-state index contributed by atoms with van der Waals surface area (Å²) in [5, 5.41) is 0. The summed E-state index contributed by atoms with van der Waals surface area (Å²) in [5.41, 5.74) is 52.5. The second-order valence-corrected chi connectivity index (χ2v) is 11.0. The van der Waals surface area contributed by atoms with Crippen LogP contribution in [0.15, 0.2) is 0 Å². The Kier molecular flexibility index (Phi) is 78.2. The normalized spacial score (nSPS) is 9.91. The predicted molar refractivity (Wildman–Crippen MR) is 197 cm³/mol. The fraction of sp³-hybridized carbons (Fsp3) is 1.00. The first-order valence-corrected chi connectivity index (χ1v) is 18.1. The van der Waals surface area contributed by atoms with Crippen LogP contribution < -0.4 is 57.3 Å². The molecule has 10 nitrogen and oxygen atoms in total. The van der Waals surface area contributed by atoms with Crippen molar-refractivity contribution < 1.29 is 0 Å². The zero-order valence-electron chi connectivity index (χ0n) is 29.1. The van der Waals surface area contributed by atoms with Crippen molar-refractivity contribution in [3.05, 3.63) is 0 Å². The molecular formula is C33H86N10. The summed E-state index contributed by atoms with van der Waals surface area (Å²) in [6.45, 7) is 8.04. The van der Waals surface area contributed by atoms with Crippen molar-refractivity contribution in [3.8, 4) is 0 Å². The van der Waals surface area contributed by atoms with E-state index in [0.29, 0.717) is 0 Å². The second kappa shape index (κ2) is 64.5. The van der Waals surface area contributed by atoms with Crippen LogP contribution in [0.2, 0.25) is 0 Å². The lowest BCUT2D eigenvalue weighted by Gasteiger charge is -2.01. The van der Waals surface area contributed by atoms with Crippen LogP contribution in [-0.4, -0.2) is 65.4 Å². The van der Waals surface area contributed by atoms with Crippen LogP contribution >= 0.6 is 0 Å². The first-order valence-electron chi connectivity index (χ1n) is 18.1. The summed E-state index contributed by atoms with van der Waals surface area (Å²) in [6.07, 6.45) is 28.9. The van der Waals surface area contributed by atoms with E-state index in [0.717, 1.165) is 97.6 Å². The van der Waals surface area contributed by atoms with Gasteiger partial charge < -0.3 is 57.3 Å². The van der Waals surface area contributed by atoms with E-state index in [1.807, 2.05) is 0 Å². The van der Waals surface area contributed by atoms with E-state index in [9.17, 15) is 0 Å². The van der Waals surface area contributed by atoms with Gasteiger partial charge >= 0.3 is 0 Å². The third-order valence-corrected chi connectivity index (χ3v) is 6.54. The molecule has 0 aliphatic heterocycles. The molecule has 0 aromatic rings. The van der Waals surface area contributed by atoms with Crippen LogP contribution in [0.25, 0.3) is 0 Å². The molecule has 0 heterocycles. The standard InChI is InChI=1S/C12H28N2.C8H20N2.C6H16N2.C4H12N2.C3H10N2/c13-11-9-7-5-3-1-2-4-6-8-10-12-14;9-7-5-3-1-2-4-6-8-10;7-5-3-1-2-4-6-8;5-3-1-2-4-6;4-2-1-3-5/h1-14H2;1-10H2;1-8H2;1-6H2;1-5H2. The van der Waals surface area contributed by atoms with Gasteiger partial charge in [0.15, 0.2) is 0 Å². The largest absolute Gasteiger partial charge is 0.330 e. The molecule has 0 saturated heterocycles. The summed E-state index contributed by atoms with van der Waals surface area (Å²) in [5.74, 6) is 0. The summed E-state index contributed by atoms with van der Waals surface area (Å²) >= 11 is 0. The van der Waals surface area contributed by atoms with E-state index in [4.69, 9.17) is 57.3 Å². The van der Waals surface area contributed by atoms with Crippen molar-refractivity contribution in [3.63, 3.8) is 0 Å². The van der Waals surface area contributed by atoms with Crippen LogP contribution in [0.4, 0.5) is 0 Å². The lowest BCUT2D eigenvalue weighted by Crippen LogP contribution is -2.06. The third kappa shape index (κ3) is 85.6. The average molecular weight is 623 g/mol. The van der Waals surface area contributed by atoms with E-state index in [-0.39, 0.29) is 0 Å².